The molecule has 0 aromatic heterocycles. The summed E-state index contributed by atoms with van der Waals surface area (Å²) in [7, 11) is 0. The molecule has 0 fully saturated rings. The van der Waals surface area contributed by atoms with Crippen LogP contribution in [0, 0.1) is 11.3 Å². The summed E-state index contributed by atoms with van der Waals surface area (Å²) in [5, 5.41) is 7.79. The van der Waals surface area contributed by atoms with Crippen molar-refractivity contribution in [2.45, 2.75) is 6.92 Å². The Kier molecular flexibility index (Phi) is 11.9. The van der Waals surface area contributed by atoms with E-state index in [4.69, 9.17) is 5.26 Å². The van der Waals surface area contributed by atoms with E-state index in [-0.39, 0.29) is 0 Å². The molecule has 0 saturated heterocycles. The van der Waals surface area contributed by atoms with Crippen molar-refractivity contribution >= 4 is 0 Å². The lowest BCUT2D eigenvalue weighted by molar-refractivity contribution is 0.406. The Morgan fingerprint density at radius 2 is 1.80 bits per heavy atom. The summed E-state index contributed by atoms with van der Waals surface area (Å²) < 4.78 is 4.36. The smallest absolute Gasteiger partial charge is 0.0937 e. The van der Waals surface area contributed by atoms with Crippen molar-refractivity contribution in [1.82, 2.24) is 0 Å². The second-order valence-corrected chi connectivity index (χ2v) is 1.36. The Balaban J connectivity index is 0. The summed E-state index contributed by atoms with van der Waals surface area (Å²) >= 11 is 0. The molecule has 2 heteroatoms. The lowest BCUT2D eigenvalue weighted by Crippen LogP contribution is -1.52. The molecular weight excluding hydrogens is 126 g/mol. The Hall–Kier alpha value is -1.49. The van der Waals surface area contributed by atoms with E-state index < -0.39 is 0 Å². The van der Waals surface area contributed by atoms with Crippen LogP contribution in [0.15, 0.2) is 37.8 Å². The van der Waals surface area contributed by atoms with E-state index >= 15 is 0 Å². The molecule has 0 rings (SSSR count). The van der Waals surface area contributed by atoms with Crippen molar-refractivity contribution in [3.8, 4) is 6.07 Å². The molecule has 0 heterocycles. The van der Waals surface area contributed by atoms with Crippen molar-refractivity contribution in [3.63, 3.8) is 0 Å². The minimum atomic E-state index is 0.560. The summed E-state index contributed by atoms with van der Waals surface area (Å²) in [6.07, 6.45) is 2.62. The van der Waals surface area contributed by atoms with Crippen molar-refractivity contribution < 1.29 is 4.74 Å². The molecular formula is C8H11NO. The zero-order valence-corrected chi connectivity index (χ0v) is 6.13. The number of hydrogen-bond acceptors (Lipinski definition) is 2. The van der Waals surface area contributed by atoms with Crippen LogP contribution in [0.5, 0.6) is 0 Å². The monoisotopic (exact) mass is 137 g/mol. The van der Waals surface area contributed by atoms with E-state index in [2.05, 4.69) is 24.5 Å². The first-order valence-corrected chi connectivity index (χ1v) is 2.62. The normalized spacial score (nSPS) is 5.60. The first-order chi connectivity index (χ1) is 4.68. The van der Waals surface area contributed by atoms with Gasteiger partial charge < -0.3 is 4.74 Å². The van der Waals surface area contributed by atoms with Gasteiger partial charge in [0.25, 0.3) is 0 Å². The predicted octanol–water partition coefficient (Wildman–Crippen LogP) is 2.38. The molecule has 0 aromatic rings. The molecule has 10 heavy (non-hydrogen) atoms. The van der Waals surface area contributed by atoms with Gasteiger partial charge >= 0.3 is 0 Å². The zero-order chi connectivity index (χ0) is 8.41. The highest BCUT2D eigenvalue weighted by molar-refractivity contribution is 5.11. The molecule has 0 amide bonds. The molecule has 0 radical (unpaired) electrons. The summed E-state index contributed by atoms with van der Waals surface area (Å²) in [5.41, 5.74) is 0.560. The van der Waals surface area contributed by atoms with E-state index in [0.29, 0.717) is 5.57 Å². The maximum absolute atomic E-state index is 7.79. The molecule has 0 bridgehead atoms. The molecule has 0 unspecified atom stereocenters. The van der Waals surface area contributed by atoms with Crippen LogP contribution < -0.4 is 0 Å². The van der Waals surface area contributed by atoms with Crippen LogP contribution in [-0.2, 0) is 4.74 Å². The minimum Gasteiger partial charge on any atom is -0.474 e. The Labute approximate surface area is 61.7 Å². The van der Waals surface area contributed by atoms with Gasteiger partial charge in [0.1, 0.15) is 0 Å². The van der Waals surface area contributed by atoms with E-state index in [9.17, 15) is 0 Å². The average Bonchev–Trinajstić information content (AvgIpc) is 1.91. The standard InChI is InChI=1S/C4H5N.C4H6O/c1-4(2)3-5;1-3-5-4-2/h1H2,2H3;3-4H,1-2H2. The fourth-order valence-electron chi connectivity index (χ4n) is 0.0680. The highest BCUT2D eigenvalue weighted by atomic mass is 16.5. The van der Waals surface area contributed by atoms with Crippen LogP contribution in [0.4, 0.5) is 0 Å². The number of rotatable bonds is 2. The van der Waals surface area contributed by atoms with Gasteiger partial charge in [0, 0.05) is 5.57 Å². The van der Waals surface area contributed by atoms with Crippen LogP contribution in [0.3, 0.4) is 0 Å². The van der Waals surface area contributed by atoms with Crippen LogP contribution in [0.2, 0.25) is 0 Å². The number of hydrogen-bond donors (Lipinski definition) is 0. The molecule has 2 nitrogen and oxygen atoms in total. The molecule has 0 spiro atoms. The third-order valence-corrected chi connectivity index (χ3v) is 0.383. The van der Waals surface area contributed by atoms with E-state index in [0.717, 1.165) is 0 Å². The lowest BCUT2D eigenvalue weighted by atomic mass is 10.4. The maximum atomic E-state index is 7.79. The minimum absolute atomic E-state index is 0.560. The lowest BCUT2D eigenvalue weighted by Gasteiger charge is -1.76. The third kappa shape index (κ3) is 31.4. The summed E-state index contributed by atoms with van der Waals surface area (Å²) in [6.45, 7) is 11.5. The molecule has 0 aliphatic rings. The van der Waals surface area contributed by atoms with E-state index in [1.54, 1.807) is 6.92 Å². The van der Waals surface area contributed by atoms with Crippen LogP contribution in [0.25, 0.3) is 0 Å². The number of nitriles is 1. The summed E-state index contributed by atoms with van der Waals surface area (Å²) in [6, 6.07) is 1.83. The molecule has 0 saturated carbocycles. The summed E-state index contributed by atoms with van der Waals surface area (Å²) in [4.78, 5) is 0. The van der Waals surface area contributed by atoms with Gasteiger partial charge in [0.05, 0.1) is 18.6 Å². The third-order valence-electron chi connectivity index (χ3n) is 0.383. The Bertz CT molecular complexity index is 147. The van der Waals surface area contributed by atoms with Gasteiger partial charge in [0.2, 0.25) is 0 Å². The van der Waals surface area contributed by atoms with Crippen LogP contribution in [0.1, 0.15) is 6.92 Å². The number of nitrogens with zero attached hydrogens (tertiary/aromatic N) is 1. The second kappa shape index (κ2) is 10.5. The predicted molar refractivity (Wildman–Crippen MR) is 41.9 cm³/mol. The Morgan fingerprint density at radius 3 is 1.80 bits per heavy atom. The summed E-state index contributed by atoms with van der Waals surface area (Å²) in [5.74, 6) is 0. The topological polar surface area (TPSA) is 33.0 Å². The first kappa shape index (κ1) is 11.3. The fraction of sp³-hybridized carbons (Fsp3) is 0.125. The quantitative estimate of drug-likeness (QED) is 0.432. The molecule has 0 atom stereocenters. The highest BCUT2D eigenvalue weighted by Gasteiger charge is 1.64. The van der Waals surface area contributed by atoms with Crippen LogP contribution >= 0.6 is 0 Å². The van der Waals surface area contributed by atoms with Crippen molar-refractivity contribution in [2.24, 2.45) is 0 Å². The zero-order valence-electron chi connectivity index (χ0n) is 6.13. The van der Waals surface area contributed by atoms with Gasteiger partial charge in [0.15, 0.2) is 0 Å². The van der Waals surface area contributed by atoms with Gasteiger partial charge in [-0.3, -0.25) is 0 Å². The molecule has 0 aliphatic heterocycles. The molecule has 0 aromatic carbocycles. The van der Waals surface area contributed by atoms with Crippen LogP contribution in [-0.4, -0.2) is 0 Å². The molecule has 54 valence electrons. The van der Waals surface area contributed by atoms with Crippen molar-refractivity contribution in [1.29, 1.82) is 5.26 Å². The van der Waals surface area contributed by atoms with E-state index in [1.807, 2.05) is 6.07 Å². The first-order valence-electron chi connectivity index (χ1n) is 2.62. The maximum Gasteiger partial charge on any atom is 0.0937 e. The van der Waals surface area contributed by atoms with Gasteiger partial charge in [-0.2, -0.15) is 5.26 Å². The SMILES string of the molecule is C=C(C)C#N.C=COC=C. The number of allylic oxidation sites excluding steroid dienone is 1. The van der Waals surface area contributed by atoms with Crippen molar-refractivity contribution in [2.75, 3.05) is 0 Å². The largest absolute Gasteiger partial charge is 0.474 e. The van der Waals surface area contributed by atoms with Gasteiger partial charge in [-0.1, -0.05) is 19.7 Å². The van der Waals surface area contributed by atoms with Crippen molar-refractivity contribution in [3.05, 3.63) is 37.8 Å². The van der Waals surface area contributed by atoms with Gasteiger partial charge in [-0.25, -0.2) is 0 Å². The van der Waals surface area contributed by atoms with Gasteiger partial charge in [-0.15, -0.1) is 0 Å². The Morgan fingerprint density at radius 1 is 1.50 bits per heavy atom. The molecule has 0 aliphatic carbocycles. The fourth-order valence-corrected chi connectivity index (χ4v) is 0.0680. The average molecular weight is 137 g/mol. The highest BCUT2D eigenvalue weighted by Crippen LogP contribution is 1.74. The van der Waals surface area contributed by atoms with Gasteiger partial charge in [-0.05, 0) is 6.92 Å². The van der Waals surface area contributed by atoms with E-state index in [1.165, 1.54) is 12.5 Å². The molecule has 0 N–H and O–H groups in total. The second-order valence-electron chi connectivity index (χ2n) is 1.36. The number of ether oxygens (including phenoxy) is 1.